The van der Waals surface area contributed by atoms with E-state index >= 15 is 0 Å². The molecule has 0 spiro atoms. The lowest BCUT2D eigenvalue weighted by atomic mass is 10.4. The Balaban J connectivity index is 1.97. The second-order valence-electron chi connectivity index (χ2n) is 4.24. The number of rotatable bonds is 6. The van der Waals surface area contributed by atoms with Gasteiger partial charge in [-0.2, -0.15) is 10.1 Å². The summed E-state index contributed by atoms with van der Waals surface area (Å²) < 4.78 is 12.5. The first-order valence-corrected chi connectivity index (χ1v) is 6.06. The smallest absolute Gasteiger partial charge is 0.399 e. The highest BCUT2D eigenvalue weighted by Crippen LogP contribution is 2.20. The molecule has 0 fully saturated rings. The number of hydrogen-bond acceptors (Lipinski definition) is 5. The highest BCUT2D eigenvalue weighted by molar-refractivity contribution is 5.16. The van der Waals surface area contributed by atoms with Crippen LogP contribution in [0.25, 0.3) is 0 Å². The zero-order valence-electron chi connectivity index (χ0n) is 10.9. The van der Waals surface area contributed by atoms with E-state index in [2.05, 4.69) is 29.2 Å². The van der Waals surface area contributed by atoms with Gasteiger partial charge >= 0.3 is 6.08 Å². The van der Waals surface area contributed by atoms with Crippen molar-refractivity contribution < 1.29 is 9.15 Å². The molecule has 18 heavy (non-hydrogen) atoms. The molecule has 2 rings (SSSR count). The van der Waals surface area contributed by atoms with Gasteiger partial charge in [-0.15, -0.1) is 0 Å². The Morgan fingerprint density at radius 2 is 2.33 bits per heavy atom. The van der Waals surface area contributed by atoms with Crippen LogP contribution < -0.4 is 10.1 Å². The Bertz CT molecular complexity index is 490. The minimum absolute atomic E-state index is 0.242. The van der Waals surface area contributed by atoms with Crippen molar-refractivity contribution in [2.45, 2.75) is 33.4 Å². The standard InChI is InChI=1S/C12H18N4O2/c1-4-13-5-10-8-17-12(15-10)18-11-6-14-16(7-11)9(2)3/h6-9,13H,4-5H2,1-3H3. The SMILES string of the molecule is CCNCc1coc(Oc2cnn(C(C)C)c2)n1. The van der Waals surface area contributed by atoms with Crippen LogP contribution in [-0.2, 0) is 6.54 Å². The maximum atomic E-state index is 5.48. The lowest BCUT2D eigenvalue weighted by molar-refractivity contribution is 0.330. The molecule has 0 bridgehead atoms. The molecule has 0 radical (unpaired) electrons. The molecule has 98 valence electrons. The molecule has 1 N–H and O–H groups in total. The van der Waals surface area contributed by atoms with E-state index in [0.29, 0.717) is 18.3 Å². The van der Waals surface area contributed by atoms with Gasteiger partial charge in [0.1, 0.15) is 6.26 Å². The van der Waals surface area contributed by atoms with Crippen molar-refractivity contribution in [3.05, 3.63) is 24.4 Å². The second-order valence-corrected chi connectivity index (χ2v) is 4.24. The summed E-state index contributed by atoms with van der Waals surface area (Å²) in [4.78, 5) is 4.21. The molecule has 0 saturated carbocycles. The molecule has 0 atom stereocenters. The van der Waals surface area contributed by atoms with E-state index in [1.54, 1.807) is 12.5 Å². The maximum absolute atomic E-state index is 5.48. The van der Waals surface area contributed by atoms with Gasteiger partial charge in [0, 0.05) is 12.6 Å². The molecule has 0 aromatic carbocycles. The van der Waals surface area contributed by atoms with Crippen LogP contribution in [0.1, 0.15) is 32.5 Å². The van der Waals surface area contributed by atoms with E-state index in [-0.39, 0.29) is 6.08 Å². The third-order valence-electron chi connectivity index (χ3n) is 2.40. The molecule has 0 saturated heterocycles. The molecule has 2 aromatic heterocycles. The number of oxazole rings is 1. The first-order chi connectivity index (χ1) is 8.69. The predicted octanol–water partition coefficient (Wildman–Crippen LogP) is 2.35. The van der Waals surface area contributed by atoms with Gasteiger partial charge in [-0.1, -0.05) is 6.92 Å². The minimum atomic E-state index is 0.242. The fourth-order valence-corrected chi connectivity index (χ4v) is 1.43. The first-order valence-electron chi connectivity index (χ1n) is 6.06. The summed E-state index contributed by atoms with van der Waals surface area (Å²) >= 11 is 0. The van der Waals surface area contributed by atoms with Crippen LogP contribution in [0.3, 0.4) is 0 Å². The first kappa shape index (κ1) is 12.6. The predicted molar refractivity (Wildman–Crippen MR) is 66.6 cm³/mol. The molecule has 2 heterocycles. The van der Waals surface area contributed by atoms with Gasteiger partial charge in [0.25, 0.3) is 0 Å². The fraction of sp³-hybridized carbons (Fsp3) is 0.500. The van der Waals surface area contributed by atoms with Crippen LogP contribution in [0.15, 0.2) is 23.1 Å². The van der Waals surface area contributed by atoms with Gasteiger partial charge < -0.3 is 14.5 Å². The normalized spacial score (nSPS) is 11.1. The van der Waals surface area contributed by atoms with E-state index in [1.807, 2.05) is 17.8 Å². The van der Waals surface area contributed by atoms with Gasteiger partial charge in [0.2, 0.25) is 0 Å². The molecule has 0 aliphatic rings. The molecule has 2 aromatic rings. The van der Waals surface area contributed by atoms with Crippen LogP contribution in [0, 0.1) is 0 Å². The summed E-state index contributed by atoms with van der Waals surface area (Å²) in [6, 6.07) is 0.302. The molecule has 0 unspecified atom stereocenters. The molecule has 0 aliphatic carbocycles. The minimum Gasteiger partial charge on any atom is -0.417 e. The van der Waals surface area contributed by atoms with Crippen molar-refractivity contribution in [3.63, 3.8) is 0 Å². The number of hydrogen-bond donors (Lipinski definition) is 1. The van der Waals surface area contributed by atoms with Crippen molar-refractivity contribution in [2.24, 2.45) is 0 Å². The summed E-state index contributed by atoms with van der Waals surface area (Å²) in [6.45, 7) is 7.71. The molecule has 6 nitrogen and oxygen atoms in total. The summed E-state index contributed by atoms with van der Waals surface area (Å²) in [5.41, 5.74) is 0.822. The Hall–Kier alpha value is -1.82. The van der Waals surface area contributed by atoms with Crippen molar-refractivity contribution in [3.8, 4) is 11.8 Å². The van der Waals surface area contributed by atoms with E-state index in [0.717, 1.165) is 12.2 Å². The summed E-state index contributed by atoms with van der Waals surface area (Å²) in [7, 11) is 0. The monoisotopic (exact) mass is 250 g/mol. The topological polar surface area (TPSA) is 65.1 Å². The van der Waals surface area contributed by atoms with E-state index in [9.17, 15) is 0 Å². The largest absolute Gasteiger partial charge is 0.417 e. The third kappa shape index (κ3) is 3.10. The quantitative estimate of drug-likeness (QED) is 0.852. The maximum Gasteiger partial charge on any atom is 0.399 e. The number of nitrogens with one attached hydrogen (secondary N) is 1. The third-order valence-corrected chi connectivity index (χ3v) is 2.40. The van der Waals surface area contributed by atoms with Gasteiger partial charge in [-0.3, -0.25) is 4.68 Å². The molecule has 6 heteroatoms. The molecule has 0 amide bonds. The van der Waals surface area contributed by atoms with E-state index in [4.69, 9.17) is 9.15 Å². The molecular formula is C12H18N4O2. The zero-order chi connectivity index (χ0) is 13.0. The van der Waals surface area contributed by atoms with Crippen LogP contribution in [0.2, 0.25) is 0 Å². The summed E-state index contributed by atoms with van der Waals surface area (Å²) in [6.07, 6.45) is 5.30. The highest BCUT2D eigenvalue weighted by Gasteiger charge is 2.08. The van der Waals surface area contributed by atoms with Gasteiger partial charge in [-0.05, 0) is 20.4 Å². The average molecular weight is 250 g/mol. The zero-order valence-corrected chi connectivity index (χ0v) is 10.9. The van der Waals surface area contributed by atoms with Crippen LogP contribution in [-0.4, -0.2) is 21.3 Å². The van der Waals surface area contributed by atoms with Crippen molar-refractivity contribution in [1.82, 2.24) is 20.1 Å². The van der Waals surface area contributed by atoms with Crippen molar-refractivity contribution >= 4 is 0 Å². The van der Waals surface area contributed by atoms with Crippen LogP contribution >= 0.6 is 0 Å². The summed E-state index contributed by atoms with van der Waals surface area (Å²) in [5.74, 6) is 0.626. The Labute approximate surface area is 106 Å². The van der Waals surface area contributed by atoms with E-state index in [1.165, 1.54) is 0 Å². The van der Waals surface area contributed by atoms with Crippen LogP contribution in [0.4, 0.5) is 0 Å². The lowest BCUT2D eigenvalue weighted by Gasteiger charge is -2.02. The van der Waals surface area contributed by atoms with Crippen LogP contribution in [0.5, 0.6) is 11.8 Å². The fourth-order valence-electron chi connectivity index (χ4n) is 1.43. The Morgan fingerprint density at radius 1 is 1.50 bits per heavy atom. The highest BCUT2D eigenvalue weighted by atomic mass is 16.6. The van der Waals surface area contributed by atoms with Gasteiger partial charge in [-0.25, -0.2) is 0 Å². The lowest BCUT2D eigenvalue weighted by Crippen LogP contribution is -2.11. The van der Waals surface area contributed by atoms with Gasteiger partial charge in [0.05, 0.1) is 18.1 Å². The Morgan fingerprint density at radius 3 is 3.00 bits per heavy atom. The van der Waals surface area contributed by atoms with Crippen molar-refractivity contribution in [2.75, 3.05) is 6.54 Å². The molecular weight excluding hydrogens is 232 g/mol. The number of ether oxygens (including phenoxy) is 1. The van der Waals surface area contributed by atoms with Crippen molar-refractivity contribution in [1.29, 1.82) is 0 Å². The second kappa shape index (κ2) is 5.68. The average Bonchev–Trinajstić information content (AvgIpc) is 2.96. The number of nitrogens with zero attached hydrogens (tertiary/aromatic N) is 3. The Kier molecular flexibility index (Phi) is 3.99. The molecule has 0 aliphatic heterocycles. The number of aromatic nitrogens is 3. The van der Waals surface area contributed by atoms with E-state index < -0.39 is 0 Å². The summed E-state index contributed by atoms with van der Waals surface area (Å²) in [5, 5.41) is 7.34. The van der Waals surface area contributed by atoms with Gasteiger partial charge in [0.15, 0.2) is 5.75 Å².